The Morgan fingerprint density at radius 2 is 1.78 bits per heavy atom. The summed E-state index contributed by atoms with van der Waals surface area (Å²) in [7, 11) is 2.40. The summed E-state index contributed by atoms with van der Waals surface area (Å²) in [6, 6.07) is -0.820. The minimum atomic E-state index is -0.820. The molecule has 8 nitrogen and oxygen atoms in total. The molecule has 23 heavy (non-hydrogen) atoms. The van der Waals surface area contributed by atoms with E-state index in [4.69, 9.17) is 4.74 Å². The molecule has 0 aromatic carbocycles. The Kier molecular flexibility index (Phi) is 10.9. The van der Waals surface area contributed by atoms with Crippen LogP contribution in [0.3, 0.4) is 0 Å². The molecule has 0 unspecified atom stereocenters. The lowest BCUT2D eigenvalue weighted by Crippen LogP contribution is -2.42. The van der Waals surface area contributed by atoms with Gasteiger partial charge in [0.15, 0.2) is 0 Å². The van der Waals surface area contributed by atoms with Crippen molar-refractivity contribution in [2.45, 2.75) is 38.6 Å². The van der Waals surface area contributed by atoms with E-state index in [0.29, 0.717) is 19.3 Å². The zero-order valence-electron chi connectivity index (χ0n) is 13.6. The van der Waals surface area contributed by atoms with Gasteiger partial charge >= 0.3 is 17.9 Å². The summed E-state index contributed by atoms with van der Waals surface area (Å²) in [5.74, 6) is -2.21. The van der Waals surface area contributed by atoms with E-state index >= 15 is 0 Å². The molecule has 0 aromatic rings. The van der Waals surface area contributed by atoms with Crippen LogP contribution in [0.4, 0.5) is 0 Å². The molecular weight excluding hydrogens is 306 g/mol. The Morgan fingerprint density at radius 1 is 1.09 bits per heavy atom. The van der Waals surface area contributed by atoms with E-state index < -0.39 is 30.3 Å². The predicted octanol–water partition coefficient (Wildman–Crippen LogP) is 0.497. The molecule has 0 aliphatic carbocycles. The molecule has 0 heterocycles. The van der Waals surface area contributed by atoms with Gasteiger partial charge < -0.3 is 19.5 Å². The Hall–Kier alpha value is -2.38. The number of amides is 1. The fourth-order valence-corrected chi connectivity index (χ4v) is 1.63. The maximum Gasteiger partial charge on any atom is 0.328 e. The topological polar surface area (TPSA) is 108 Å². The van der Waals surface area contributed by atoms with Crippen LogP contribution in [0, 0.1) is 0 Å². The van der Waals surface area contributed by atoms with Gasteiger partial charge in [0.05, 0.1) is 14.2 Å². The van der Waals surface area contributed by atoms with Gasteiger partial charge in [0, 0.05) is 6.92 Å². The van der Waals surface area contributed by atoms with Gasteiger partial charge in [-0.2, -0.15) is 0 Å². The van der Waals surface area contributed by atoms with Crippen LogP contribution in [0.2, 0.25) is 0 Å². The number of carbonyl (C=O) groups is 4. The molecule has 0 aromatic heterocycles. The molecule has 1 N–H and O–H groups in total. The van der Waals surface area contributed by atoms with Crippen LogP contribution in [0.1, 0.15) is 32.6 Å². The summed E-state index contributed by atoms with van der Waals surface area (Å²) in [5, 5.41) is 2.44. The molecule has 0 aliphatic rings. The second kappa shape index (κ2) is 12.2. The van der Waals surface area contributed by atoms with Gasteiger partial charge in [-0.15, -0.1) is 0 Å². The molecule has 1 amide bonds. The summed E-state index contributed by atoms with van der Waals surface area (Å²) in [4.78, 5) is 44.8. The average Bonchev–Trinajstić information content (AvgIpc) is 2.51. The summed E-state index contributed by atoms with van der Waals surface area (Å²) in [6.45, 7) is 1.53. The first-order valence-corrected chi connectivity index (χ1v) is 7.13. The highest BCUT2D eigenvalue weighted by Crippen LogP contribution is 2.04. The number of methoxy groups -OCH3 is 2. The molecule has 0 fully saturated rings. The van der Waals surface area contributed by atoms with Crippen molar-refractivity contribution in [3.63, 3.8) is 0 Å². The zero-order valence-corrected chi connectivity index (χ0v) is 13.6. The third-order valence-corrected chi connectivity index (χ3v) is 2.77. The standard InChI is InChI=1S/C15H23NO7/c1-11(17)23-9-7-5-4-6-8-12(15(20)22-3)16-13(18)10-14(19)21-2/h5,7,12H,4,6,8-10H2,1-3H3,(H,16,18)/b7-5+/t12-/m0/s1. The highest BCUT2D eigenvalue weighted by atomic mass is 16.5. The number of allylic oxidation sites excluding steroid dienone is 1. The van der Waals surface area contributed by atoms with Crippen molar-refractivity contribution in [3.8, 4) is 0 Å². The van der Waals surface area contributed by atoms with Crippen LogP contribution in [-0.2, 0) is 33.4 Å². The third-order valence-electron chi connectivity index (χ3n) is 2.77. The van der Waals surface area contributed by atoms with Crippen LogP contribution in [0.25, 0.3) is 0 Å². The van der Waals surface area contributed by atoms with E-state index in [1.54, 1.807) is 6.08 Å². The lowest BCUT2D eigenvalue weighted by atomic mass is 10.1. The van der Waals surface area contributed by atoms with Crippen molar-refractivity contribution in [2.75, 3.05) is 20.8 Å². The van der Waals surface area contributed by atoms with Crippen LogP contribution in [0.5, 0.6) is 0 Å². The van der Waals surface area contributed by atoms with Gasteiger partial charge in [-0.1, -0.05) is 12.2 Å². The molecule has 8 heteroatoms. The van der Waals surface area contributed by atoms with Gasteiger partial charge in [0.2, 0.25) is 5.91 Å². The van der Waals surface area contributed by atoms with Gasteiger partial charge in [-0.25, -0.2) is 4.79 Å². The highest BCUT2D eigenvalue weighted by Gasteiger charge is 2.22. The molecule has 0 radical (unpaired) electrons. The van der Waals surface area contributed by atoms with E-state index in [9.17, 15) is 19.2 Å². The average molecular weight is 329 g/mol. The number of unbranched alkanes of at least 4 members (excludes halogenated alkanes) is 1. The minimum absolute atomic E-state index is 0.200. The molecule has 0 rings (SSSR count). The van der Waals surface area contributed by atoms with E-state index in [0.717, 1.165) is 0 Å². The van der Waals surface area contributed by atoms with Crippen molar-refractivity contribution in [2.24, 2.45) is 0 Å². The zero-order chi connectivity index (χ0) is 17.7. The normalized spacial score (nSPS) is 11.6. The molecular formula is C15H23NO7. The van der Waals surface area contributed by atoms with Crippen LogP contribution < -0.4 is 5.32 Å². The summed E-state index contributed by atoms with van der Waals surface area (Å²) >= 11 is 0. The van der Waals surface area contributed by atoms with Crippen molar-refractivity contribution in [1.82, 2.24) is 5.32 Å². The molecule has 0 saturated heterocycles. The van der Waals surface area contributed by atoms with E-state index in [2.05, 4.69) is 14.8 Å². The number of esters is 3. The number of ether oxygens (including phenoxy) is 3. The van der Waals surface area contributed by atoms with Crippen molar-refractivity contribution in [1.29, 1.82) is 0 Å². The first kappa shape index (κ1) is 20.6. The molecule has 1 atom stereocenters. The smallest absolute Gasteiger partial charge is 0.328 e. The third kappa shape index (κ3) is 10.9. The number of hydrogen-bond donors (Lipinski definition) is 1. The van der Waals surface area contributed by atoms with E-state index in [-0.39, 0.29) is 12.6 Å². The van der Waals surface area contributed by atoms with Gasteiger partial charge in [0.1, 0.15) is 19.1 Å². The Morgan fingerprint density at radius 3 is 2.35 bits per heavy atom. The summed E-state index contributed by atoms with van der Waals surface area (Å²) in [5.41, 5.74) is 0. The molecule has 0 aliphatic heterocycles. The number of rotatable bonds is 10. The Balaban J connectivity index is 4.20. The minimum Gasteiger partial charge on any atom is -0.469 e. The molecule has 0 spiro atoms. The second-order valence-electron chi connectivity index (χ2n) is 4.60. The fourth-order valence-electron chi connectivity index (χ4n) is 1.63. The largest absolute Gasteiger partial charge is 0.469 e. The second-order valence-corrected chi connectivity index (χ2v) is 4.60. The van der Waals surface area contributed by atoms with Crippen molar-refractivity contribution in [3.05, 3.63) is 12.2 Å². The Bertz CT molecular complexity index is 445. The van der Waals surface area contributed by atoms with Crippen LogP contribution >= 0.6 is 0 Å². The number of hydrogen-bond acceptors (Lipinski definition) is 7. The van der Waals surface area contributed by atoms with E-state index in [1.165, 1.54) is 21.1 Å². The van der Waals surface area contributed by atoms with Gasteiger partial charge in [0.25, 0.3) is 0 Å². The van der Waals surface area contributed by atoms with Crippen LogP contribution in [-0.4, -0.2) is 50.7 Å². The number of nitrogens with one attached hydrogen (secondary N) is 1. The molecule has 0 bridgehead atoms. The lowest BCUT2D eigenvalue weighted by Gasteiger charge is -2.15. The summed E-state index contributed by atoms with van der Waals surface area (Å²) < 4.78 is 13.7. The van der Waals surface area contributed by atoms with Crippen molar-refractivity contribution >= 4 is 23.8 Å². The predicted molar refractivity (Wildman–Crippen MR) is 80.2 cm³/mol. The first-order valence-electron chi connectivity index (χ1n) is 7.13. The monoisotopic (exact) mass is 329 g/mol. The maximum absolute atomic E-state index is 11.6. The summed E-state index contributed by atoms with van der Waals surface area (Å²) in [6.07, 6.45) is 4.66. The highest BCUT2D eigenvalue weighted by molar-refractivity contribution is 5.96. The number of carbonyl (C=O) groups excluding carboxylic acids is 4. The fraction of sp³-hybridized carbons (Fsp3) is 0.600. The molecule has 0 saturated carbocycles. The Labute approximate surface area is 135 Å². The lowest BCUT2D eigenvalue weighted by molar-refractivity contribution is -0.148. The molecule has 130 valence electrons. The maximum atomic E-state index is 11.6. The first-order chi connectivity index (χ1) is 10.9. The van der Waals surface area contributed by atoms with Gasteiger partial charge in [-0.05, 0) is 19.3 Å². The quantitative estimate of drug-likeness (QED) is 0.204. The van der Waals surface area contributed by atoms with E-state index in [1.807, 2.05) is 6.08 Å². The SMILES string of the molecule is COC(=O)CC(=O)N[C@@H](CCC/C=C/COC(C)=O)C(=O)OC. The van der Waals surface area contributed by atoms with Crippen LogP contribution in [0.15, 0.2) is 12.2 Å². The van der Waals surface area contributed by atoms with Gasteiger partial charge in [-0.3, -0.25) is 14.4 Å². The van der Waals surface area contributed by atoms with Crippen molar-refractivity contribution < 1.29 is 33.4 Å².